The summed E-state index contributed by atoms with van der Waals surface area (Å²) < 4.78 is 5.33. The van der Waals surface area contributed by atoms with E-state index in [4.69, 9.17) is 15.7 Å². The number of nitrogens with one attached hydrogen (secondary N) is 1. The summed E-state index contributed by atoms with van der Waals surface area (Å²) in [5, 5.41) is 14.2. The lowest BCUT2D eigenvalue weighted by Gasteiger charge is -2.07. The summed E-state index contributed by atoms with van der Waals surface area (Å²) in [4.78, 5) is 11.5. The Bertz CT molecular complexity index is 449. The van der Waals surface area contributed by atoms with Crippen LogP contribution in [0.25, 0.3) is 0 Å². The average molecular weight is 297 g/mol. The number of nitrogens with two attached hydrogens (primary N) is 1. The van der Waals surface area contributed by atoms with Crippen LogP contribution >= 0.6 is 11.8 Å². The van der Waals surface area contributed by atoms with Crippen LogP contribution in [0.3, 0.4) is 0 Å². The van der Waals surface area contributed by atoms with E-state index in [0.29, 0.717) is 17.9 Å². The molecule has 7 heteroatoms. The molecule has 1 rings (SSSR count). The summed E-state index contributed by atoms with van der Waals surface area (Å²) in [6, 6.07) is 6.63. The fraction of sp³-hybridized carbons (Fsp3) is 0.385. The molecule has 0 aromatic heterocycles. The number of oxime groups is 1. The van der Waals surface area contributed by atoms with Crippen LogP contribution in [0.5, 0.6) is 5.75 Å². The van der Waals surface area contributed by atoms with E-state index in [1.54, 1.807) is 36.0 Å². The van der Waals surface area contributed by atoms with Crippen molar-refractivity contribution in [2.45, 2.75) is 6.42 Å². The molecule has 0 aliphatic carbocycles. The van der Waals surface area contributed by atoms with E-state index in [0.717, 1.165) is 12.2 Å². The standard InChI is InChI=1S/C13H19N3O3S/c1-20-8-2-7-15-12(17)9-19-11-5-3-10(4-6-11)13(14)16-18/h3-6,18H,2,7-9H2,1H3,(H2,14,16)(H,15,17). The molecule has 0 fully saturated rings. The maximum Gasteiger partial charge on any atom is 0.257 e. The minimum absolute atomic E-state index is 0.0256. The molecule has 0 saturated carbocycles. The number of hydrogen-bond acceptors (Lipinski definition) is 5. The highest BCUT2D eigenvalue weighted by atomic mass is 32.2. The van der Waals surface area contributed by atoms with Crippen molar-refractivity contribution in [3.63, 3.8) is 0 Å². The summed E-state index contributed by atoms with van der Waals surface area (Å²) in [5.41, 5.74) is 6.02. The highest BCUT2D eigenvalue weighted by molar-refractivity contribution is 7.98. The van der Waals surface area contributed by atoms with Crippen molar-refractivity contribution >= 4 is 23.5 Å². The van der Waals surface area contributed by atoms with E-state index in [9.17, 15) is 4.79 Å². The highest BCUT2D eigenvalue weighted by Gasteiger charge is 2.03. The Labute approximate surface area is 122 Å². The quantitative estimate of drug-likeness (QED) is 0.219. The van der Waals surface area contributed by atoms with Gasteiger partial charge < -0.3 is 21.0 Å². The van der Waals surface area contributed by atoms with Gasteiger partial charge >= 0.3 is 0 Å². The molecule has 0 unspecified atom stereocenters. The number of ether oxygens (including phenoxy) is 1. The fourth-order valence-corrected chi connectivity index (χ4v) is 1.86. The van der Waals surface area contributed by atoms with Gasteiger partial charge in [-0.05, 0) is 42.7 Å². The van der Waals surface area contributed by atoms with Crippen molar-refractivity contribution in [2.75, 3.05) is 25.2 Å². The maximum atomic E-state index is 11.5. The van der Waals surface area contributed by atoms with Gasteiger partial charge in [-0.2, -0.15) is 11.8 Å². The van der Waals surface area contributed by atoms with Gasteiger partial charge in [0.05, 0.1) is 0 Å². The van der Waals surface area contributed by atoms with Crippen molar-refractivity contribution < 1.29 is 14.7 Å². The molecule has 6 nitrogen and oxygen atoms in total. The number of amidine groups is 1. The van der Waals surface area contributed by atoms with Gasteiger partial charge in [-0.1, -0.05) is 5.16 Å². The monoisotopic (exact) mass is 297 g/mol. The molecule has 0 bridgehead atoms. The molecule has 0 spiro atoms. The molecule has 0 radical (unpaired) electrons. The molecule has 20 heavy (non-hydrogen) atoms. The third-order valence-corrected chi connectivity index (χ3v) is 3.17. The summed E-state index contributed by atoms with van der Waals surface area (Å²) in [6.07, 6.45) is 2.98. The summed E-state index contributed by atoms with van der Waals surface area (Å²) in [6.45, 7) is 0.633. The smallest absolute Gasteiger partial charge is 0.257 e. The van der Waals surface area contributed by atoms with Crippen LogP contribution < -0.4 is 15.8 Å². The number of amides is 1. The molecular formula is C13H19N3O3S. The SMILES string of the molecule is CSCCCNC(=O)COc1ccc(C(N)=NO)cc1. The summed E-state index contributed by atoms with van der Waals surface area (Å²) in [7, 11) is 0. The van der Waals surface area contributed by atoms with Gasteiger partial charge in [0.15, 0.2) is 12.4 Å². The first-order valence-corrected chi connectivity index (χ1v) is 7.53. The van der Waals surface area contributed by atoms with E-state index in [1.807, 2.05) is 6.26 Å². The van der Waals surface area contributed by atoms with Gasteiger partial charge in [0.25, 0.3) is 5.91 Å². The molecular weight excluding hydrogens is 278 g/mol. The van der Waals surface area contributed by atoms with Crippen molar-refractivity contribution in [1.29, 1.82) is 0 Å². The number of thioether (sulfide) groups is 1. The Balaban J connectivity index is 2.33. The van der Waals surface area contributed by atoms with Gasteiger partial charge in [-0.3, -0.25) is 4.79 Å². The number of nitrogens with zero attached hydrogens (tertiary/aromatic N) is 1. The Hall–Kier alpha value is -1.89. The van der Waals surface area contributed by atoms with Crippen molar-refractivity contribution in [3.05, 3.63) is 29.8 Å². The normalized spacial score (nSPS) is 11.2. The predicted molar refractivity (Wildman–Crippen MR) is 80.5 cm³/mol. The van der Waals surface area contributed by atoms with E-state index >= 15 is 0 Å². The summed E-state index contributed by atoms with van der Waals surface area (Å²) >= 11 is 1.75. The molecule has 1 aromatic carbocycles. The predicted octanol–water partition coefficient (Wildman–Crippen LogP) is 1.03. The van der Waals surface area contributed by atoms with Gasteiger partial charge in [-0.25, -0.2) is 0 Å². The highest BCUT2D eigenvalue weighted by Crippen LogP contribution is 2.11. The number of benzene rings is 1. The zero-order valence-electron chi connectivity index (χ0n) is 11.3. The van der Waals surface area contributed by atoms with Crippen LogP contribution in [0.1, 0.15) is 12.0 Å². The van der Waals surface area contributed by atoms with Gasteiger partial charge in [0.2, 0.25) is 0 Å². The van der Waals surface area contributed by atoms with Crippen molar-refractivity contribution in [1.82, 2.24) is 5.32 Å². The lowest BCUT2D eigenvalue weighted by Crippen LogP contribution is -2.29. The van der Waals surface area contributed by atoms with Crippen molar-refractivity contribution in [2.24, 2.45) is 10.9 Å². The van der Waals surface area contributed by atoms with E-state index < -0.39 is 0 Å². The second-order valence-electron chi connectivity index (χ2n) is 3.99. The molecule has 1 aromatic rings. The second kappa shape index (κ2) is 9.08. The Morgan fingerprint density at radius 3 is 2.75 bits per heavy atom. The van der Waals surface area contributed by atoms with Crippen LogP contribution in [-0.4, -0.2) is 42.1 Å². The number of hydrogen-bond donors (Lipinski definition) is 3. The largest absolute Gasteiger partial charge is 0.484 e. The van der Waals surface area contributed by atoms with Crippen LogP contribution in [0, 0.1) is 0 Å². The fourth-order valence-electron chi connectivity index (χ4n) is 1.42. The molecule has 110 valence electrons. The molecule has 1 amide bonds. The van der Waals surface area contributed by atoms with Gasteiger partial charge in [0, 0.05) is 12.1 Å². The third-order valence-electron chi connectivity index (χ3n) is 2.48. The van der Waals surface area contributed by atoms with Crippen LogP contribution in [0.4, 0.5) is 0 Å². The Morgan fingerprint density at radius 2 is 2.15 bits per heavy atom. The van der Waals surface area contributed by atoms with Crippen LogP contribution in [0.15, 0.2) is 29.4 Å². The van der Waals surface area contributed by atoms with E-state index in [-0.39, 0.29) is 18.3 Å². The number of rotatable bonds is 8. The molecule has 0 saturated heterocycles. The van der Waals surface area contributed by atoms with Gasteiger partial charge in [0.1, 0.15) is 5.75 Å². The second-order valence-corrected chi connectivity index (χ2v) is 4.98. The minimum Gasteiger partial charge on any atom is -0.484 e. The molecule has 0 aliphatic rings. The summed E-state index contributed by atoms with van der Waals surface area (Å²) in [5.74, 6) is 1.46. The first-order valence-electron chi connectivity index (χ1n) is 6.13. The first kappa shape index (κ1) is 16.2. The topological polar surface area (TPSA) is 96.9 Å². The molecule has 0 atom stereocenters. The van der Waals surface area contributed by atoms with Crippen molar-refractivity contribution in [3.8, 4) is 5.75 Å². The Morgan fingerprint density at radius 1 is 1.45 bits per heavy atom. The molecule has 0 aliphatic heterocycles. The Kier molecular flexibility index (Phi) is 7.34. The number of carbonyl (C=O) groups is 1. The first-order chi connectivity index (χ1) is 9.67. The van der Waals surface area contributed by atoms with Crippen LogP contribution in [0.2, 0.25) is 0 Å². The van der Waals surface area contributed by atoms with Crippen LogP contribution in [-0.2, 0) is 4.79 Å². The van der Waals surface area contributed by atoms with E-state index in [2.05, 4.69) is 10.5 Å². The van der Waals surface area contributed by atoms with E-state index in [1.165, 1.54) is 0 Å². The maximum absolute atomic E-state index is 11.5. The number of carbonyl (C=O) groups excluding carboxylic acids is 1. The zero-order valence-corrected chi connectivity index (χ0v) is 12.2. The zero-order chi connectivity index (χ0) is 14.8. The molecule has 4 N–H and O–H groups in total. The molecule has 0 heterocycles. The minimum atomic E-state index is -0.147. The third kappa shape index (κ3) is 5.83. The average Bonchev–Trinajstić information content (AvgIpc) is 2.49. The lowest BCUT2D eigenvalue weighted by atomic mass is 10.2. The van der Waals surface area contributed by atoms with Gasteiger partial charge in [-0.15, -0.1) is 0 Å². The lowest BCUT2D eigenvalue weighted by molar-refractivity contribution is -0.123.